The number of carbonyl (C=O) groups excluding carboxylic acids is 1. The van der Waals surface area contributed by atoms with Gasteiger partial charge in [0.25, 0.3) is 0 Å². The maximum absolute atomic E-state index is 12.4. The minimum Gasteiger partial charge on any atom is -0.393 e. The van der Waals surface area contributed by atoms with Gasteiger partial charge >= 0.3 is 0 Å². The third-order valence-corrected chi connectivity index (χ3v) is 5.12. The molecule has 1 aliphatic rings. The van der Waals surface area contributed by atoms with Crippen molar-refractivity contribution in [1.82, 2.24) is 15.1 Å². The summed E-state index contributed by atoms with van der Waals surface area (Å²) in [5, 5.41) is 12.6. The highest BCUT2D eigenvalue weighted by Crippen LogP contribution is 2.14. The van der Waals surface area contributed by atoms with Crippen LogP contribution in [0, 0.1) is 0 Å². The van der Waals surface area contributed by atoms with Crippen LogP contribution in [0.5, 0.6) is 0 Å². The molecule has 1 aliphatic heterocycles. The van der Waals surface area contributed by atoms with Gasteiger partial charge in [-0.2, -0.15) is 0 Å². The van der Waals surface area contributed by atoms with E-state index < -0.39 is 0 Å². The van der Waals surface area contributed by atoms with E-state index >= 15 is 0 Å². The van der Waals surface area contributed by atoms with E-state index in [2.05, 4.69) is 34.5 Å². The number of nitrogens with zero attached hydrogens (tertiary/aromatic N) is 2. The molecule has 25 heavy (non-hydrogen) atoms. The van der Waals surface area contributed by atoms with Gasteiger partial charge in [-0.1, -0.05) is 30.3 Å². The molecule has 0 bridgehead atoms. The third-order valence-electron chi connectivity index (χ3n) is 5.12. The van der Waals surface area contributed by atoms with E-state index in [9.17, 15) is 9.90 Å². The van der Waals surface area contributed by atoms with Gasteiger partial charge in [-0.15, -0.1) is 0 Å². The largest absolute Gasteiger partial charge is 0.393 e. The molecule has 1 saturated heterocycles. The van der Waals surface area contributed by atoms with Crippen LogP contribution in [0.3, 0.4) is 0 Å². The lowest BCUT2D eigenvalue weighted by Gasteiger charge is -2.33. The smallest absolute Gasteiger partial charge is 0.237 e. The maximum Gasteiger partial charge on any atom is 0.237 e. The van der Waals surface area contributed by atoms with Crippen molar-refractivity contribution in [2.75, 3.05) is 26.7 Å². The first kappa shape index (κ1) is 19.9. The molecule has 1 amide bonds. The maximum atomic E-state index is 12.4. The number of nitrogens with one attached hydrogen (secondary N) is 1. The zero-order chi connectivity index (χ0) is 18.2. The second-order valence-electron chi connectivity index (χ2n) is 7.34. The highest BCUT2D eigenvalue weighted by atomic mass is 16.3. The molecule has 140 valence electrons. The van der Waals surface area contributed by atoms with Crippen LogP contribution < -0.4 is 5.32 Å². The first-order chi connectivity index (χ1) is 12.0. The van der Waals surface area contributed by atoms with Crippen LogP contribution in [0.4, 0.5) is 0 Å². The number of hydrogen-bond acceptors (Lipinski definition) is 4. The molecular formula is C20H33N3O2. The Hall–Kier alpha value is -1.43. The Balaban J connectivity index is 1.71. The monoisotopic (exact) mass is 347 g/mol. The third kappa shape index (κ3) is 6.77. The number of carbonyl (C=O) groups is 1. The molecule has 2 rings (SSSR count). The van der Waals surface area contributed by atoms with Crippen molar-refractivity contribution >= 4 is 5.91 Å². The van der Waals surface area contributed by atoms with E-state index in [1.807, 2.05) is 24.9 Å². The van der Waals surface area contributed by atoms with Crippen LogP contribution in [0.15, 0.2) is 30.3 Å². The van der Waals surface area contributed by atoms with Gasteiger partial charge in [0, 0.05) is 32.2 Å². The fraction of sp³-hybridized carbons (Fsp3) is 0.650. The summed E-state index contributed by atoms with van der Waals surface area (Å²) in [6.45, 7) is 7.46. The van der Waals surface area contributed by atoms with Gasteiger partial charge in [-0.05, 0) is 45.7 Å². The van der Waals surface area contributed by atoms with Crippen molar-refractivity contribution in [1.29, 1.82) is 0 Å². The van der Waals surface area contributed by atoms with Gasteiger partial charge in [0.1, 0.15) is 0 Å². The zero-order valence-electron chi connectivity index (χ0n) is 15.8. The van der Waals surface area contributed by atoms with Crippen LogP contribution in [0.2, 0.25) is 0 Å². The number of aliphatic hydroxyl groups is 1. The quantitative estimate of drug-likeness (QED) is 0.754. The summed E-state index contributed by atoms with van der Waals surface area (Å²) in [6, 6.07) is 10.6. The predicted octanol–water partition coefficient (Wildman–Crippen LogP) is 1.86. The summed E-state index contributed by atoms with van der Waals surface area (Å²) in [5.41, 5.74) is 1.35. The van der Waals surface area contributed by atoms with Crippen LogP contribution in [0.25, 0.3) is 0 Å². The second kappa shape index (κ2) is 9.90. The van der Waals surface area contributed by atoms with E-state index in [0.717, 1.165) is 39.0 Å². The van der Waals surface area contributed by atoms with Gasteiger partial charge in [0.05, 0.1) is 12.1 Å². The molecule has 0 aromatic heterocycles. The summed E-state index contributed by atoms with van der Waals surface area (Å²) in [5.74, 6) is 0.0922. The Morgan fingerprint density at radius 2 is 1.92 bits per heavy atom. The Kier molecular flexibility index (Phi) is 7.88. The molecule has 2 atom stereocenters. The number of likely N-dealkylation sites (tertiary alicyclic amines) is 1. The summed E-state index contributed by atoms with van der Waals surface area (Å²) >= 11 is 0. The summed E-state index contributed by atoms with van der Waals surface area (Å²) in [4.78, 5) is 16.9. The standard InChI is InChI=1S/C20H33N3O2/c1-16(24)9-12-22(3)17(2)20(25)21-19-10-13-23(14-11-19)15-18-7-5-4-6-8-18/h4-8,16-17,19,24H,9-15H2,1-3H3,(H,21,25). The normalized spacial score (nSPS) is 18.9. The SMILES string of the molecule is CC(O)CCN(C)C(C)C(=O)NC1CCN(Cc2ccccc2)CC1. The molecule has 5 nitrogen and oxygen atoms in total. The Morgan fingerprint density at radius 1 is 1.28 bits per heavy atom. The summed E-state index contributed by atoms with van der Waals surface area (Å²) < 4.78 is 0. The molecule has 2 N–H and O–H groups in total. The fourth-order valence-corrected chi connectivity index (χ4v) is 3.18. The highest BCUT2D eigenvalue weighted by Gasteiger charge is 2.24. The summed E-state index contributed by atoms with van der Waals surface area (Å²) in [7, 11) is 1.94. The van der Waals surface area contributed by atoms with Crippen LogP contribution in [-0.4, -0.2) is 65.7 Å². The first-order valence-corrected chi connectivity index (χ1v) is 9.40. The molecular weight excluding hydrogens is 314 g/mol. The number of rotatable bonds is 8. The second-order valence-corrected chi connectivity index (χ2v) is 7.34. The lowest BCUT2D eigenvalue weighted by molar-refractivity contribution is -0.126. The average Bonchev–Trinajstić information content (AvgIpc) is 2.61. The van der Waals surface area contributed by atoms with Crippen LogP contribution in [-0.2, 0) is 11.3 Å². The van der Waals surface area contributed by atoms with Gasteiger partial charge in [-0.25, -0.2) is 0 Å². The van der Waals surface area contributed by atoms with Crippen LogP contribution in [0.1, 0.15) is 38.7 Å². The minimum atomic E-state index is -0.327. The van der Waals surface area contributed by atoms with Crippen LogP contribution >= 0.6 is 0 Å². The predicted molar refractivity (Wildman–Crippen MR) is 101 cm³/mol. The van der Waals surface area contributed by atoms with Crippen molar-refractivity contribution in [3.63, 3.8) is 0 Å². The van der Waals surface area contributed by atoms with Crippen molar-refractivity contribution in [3.05, 3.63) is 35.9 Å². The minimum absolute atomic E-state index is 0.0922. The number of aliphatic hydroxyl groups excluding tert-OH is 1. The molecule has 1 aromatic rings. The van der Waals surface area contributed by atoms with E-state index in [-0.39, 0.29) is 24.1 Å². The Morgan fingerprint density at radius 3 is 2.52 bits per heavy atom. The van der Waals surface area contributed by atoms with Gasteiger partial charge in [0.15, 0.2) is 0 Å². The highest BCUT2D eigenvalue weighted by molar-refractivity contribution is 5.81. The van der Waals surface area contributed by atoms with Crippen molar-refractivity contribution in [3.8, 4) is 0 Å². The number of benzene rings is 1. The van der Waals surface area contributed by atoms with Crippen molar-refractivity contribution < 1.29 is 9.90 Å². The summed E-state index contributed by atoms with van der Waals surface area (Å²) in [6.07, 6.45) is 2.36. The number of hydrogen-bond donors (Lipinski definition) is 2. The zero-order valence-corrected chi connectivity index (χ0v) is 15.8. The molecule has 5 heteroatoms. The van der Waals surface area contributed by atoms with Gasteiger partial charge in [0.2, 0.25) is 5.91 Å². The molecule has 1 fully saturated rings. The van der Waals surface area contributed by atoms with E-state index in [0.29, 0.717) is 6.42 Å². The molecule has 0 saturated carbocycles. The number of likely N-dealkylation sites (N-methyl/N-ethyl adjacent to an activating group) is 1. The Labute approximate surface area is 152 Å². The fourth-order valence-electron chi connectivity index (χ4n) is 3.18. The molecule has 0 aliphatic carbocycles. The van der Waals surface area contributed by atoms with Gasteiger partial charge < -0.3 is 10.4 Å². The van der Waals surface area contributed by atoms with E-state index in [1.54, 1.807) is 6.92 Å². The topological polar surface area (TPSA) is 55.8 Å². The molecule has 0 spiro atoms. The molecule has 1 heterocycles. The molecule has 0 radical (unpaired) electrons. The Bertz CT molecular complexity index is 513. The lowest BCUT2D eigenvalue weighted by Crippen LogP contribution is -2.50. The molecule has 2 unspecified atom stereocenters. The number of amides is 1. The van der Waals surface area contributed by atoms with Crippen molar-refractivity contribution in [2.45, 2.75) is 57.8 Å². The van der Waals surface area contributed by atoms with E-state index in [4.69, 9.17) is 0 Å². The first-order valence-electron chi connectivity index (χ1n) is 9.40. The lowest BCUT2D eigenvalue weighted by atomic mass is 10.0. The molecule has 1 aromatic carbocycles. The van der Waals surface area contributed by atoms with Gasteiger partial charge in [-0.3, -0.25) is 14.6 Å². The number of piperidine rings is 1. The van der Waals surface area contributed by atoms with Crippen molar-refractivity contribution in [2.24, 2.45) is 0 Å². The average molecular weight is 348 g/mol. The van der Waals surface area contributed by atoms with E-state index in [1.165, 1.54) is 5.56 Å².